The molecule has 0 saturated carbocycles. The first-order valence-electron chi connectivity index (χ1n) is 8.00. The lowest BCUT2D eigenvalue weighted by Gasteiger charge is -2.07. The molecule has 0 radical (unpaired) electrons. The fourth-order valence-corrected chi connectivity index (χ4v) is 2.65. The highest BCUT2D eigenvalue weighted by Gasteiger charge is 2.21. The number of hydrogen-bond acceptors (Lipinski definition) is 6. The molecule has 0 N–H and O–H groups in total. The number of nitrogens with zero attached hydrogens (tertiary/aromatic N) is 1. The van der Waals surface area contributed by atoms with Crippen molar-refractivity contribution in [3.63, 3.8) is 0 Å². The van der Waals surface area contributed by atoms with Crippen molar-refractivity contribution in [2.75, 3.05) is 21.3 Å². The normalized spacial score (nSPS) is 10.4. The molecule has 0 atom stereocenters. The molecule has 134 valence electrons. The summed E-state index contributed by atoms with van der Waals surface area (Å²) < 4.78 is 20.7. The number of carbonyl (C=O) groups is 1. The molecule has 1 aromatic heterocycles. The van der Waals surface area contributed by atoms with Gasteiger partial charge in [0.15, 0.2) is 5.76 Å². The van der Waals surface area contributed by atoms with Crippen molar-refractivity contribution in [2.45, 2.75) is 6.42 Å². The number of benzene rings is 2. The van der Waals surface area contributed by atoms with Gasteiger partial charge >= 0.3 is 5.97 Å². The first-order chi connectivity index (χ1) is 12.7. The van der Waals surface area contributed by atoms with Gasteiger partial charge in [0.25, 0.3) is 0 Å². The summed E-state index contributed by atoms with van der Waals surface area (Å²) in [7, 11) is 4.57. The van der Waals surface area contributed by atoms with Gasteiger partial charge in [-0.1, -0.05) is 17.3 Å². The van der Waals surface area contributed by atoms with E-state index >= 15 is 0 Å². The summed E-state index contributed by atoms with van der Waals surface area (Å²) in [5, 5.41) is 4.19. The Morgan fingerprint density at radius 1 is 0.885 bits per heavy atom. The molecule has 26 heavy (non-hydrogen) atoms. The van der Waals surface area contributed by atoms with Crippen LogP contribution >= 0.6 is 0 Å². The number of rotatable bonds is 6. The third-order valence-electron chi connectivity index (χ3n) is 4.04. The van der Waals surface area contributed by atoms with E-state index in [1.165, 1.54) is 7.11 Å². The summed E-state index contributed by atoms with van der Waals surface area (Å²) in [4.78, 5) is 11.7. The molecule has 0 spiro atoms. The third kappa shape index (κ3) is 3.54. The molecule has 0 bridgehead atoms. The zero-order valence-electron chi connectivity index (χ0n) is 14.8. The number of carbonyl (C=O) groups excluding carboxylic acids is 1. The van der Waals surface area contributed by atoms with Crippen LogP contribution < -0.4 is 9.47 Å². The Morgan fingerprint density at radius 2 is 1.42 bits per heavy atom. The Balaban J connectivity index is 2.09. The highest BCUT2D eigenvalue weighted by atomic mass is 16.5. The van der Waals surface area contributed by atoms with Crippen molar-refractivity contribution in [1.82, 2.24) is 5.16 Å². The summed E-state index contributed by atoms with van der Waals surface area (Å²) >= 11 is 0. The molecule has 6 heteroatoms. The zero-order chi connectivity index (χ0) is 18.5. The Morgan fingerprint density at radius 3 is 1.92 bits per heavy atom. The monoisotopic (exact) mass is 353 g/mol. The van der Waals surface area contributed by atoms with Crippen LogP contribution in [0.15, 0.2) is 53.1 Å². The van der Waals surface area contributed by atoms with Crippen molar-refractivity contribution in [2.24, 2.45) is 0 Å². The van der Waals surface area contributed by atoms with Crippen molar-refractivity contribution in [1.29, 1.82) is 0 Å². The quantitative estimate of drug-likeness (QED) is 0.629. The van der Waals surface area contributed by atoms with E-state index in [0.717, 1.165) is 28.2 Å². The van der Waals surface area contributed by atoms with Crippen LogP contribution in [0.25, 0.3) is 22.4 Å². The Hall–Kier alpha value is -3.28. The molecule has 0 unspecified atom stereocenters. The van der Waals surface area contributed by atoms with Crippen molar-refractivity contribution >= 4 is 5.97 Å². The summed E-state index contributed by atoms with van der Waals surface area (Å²) in [6.07, 6.45) is 0.00101. The van der Waals surface area contributed by atoms with Gasteiger partial charge in [-0.15, -0.1) is 0 Å². The maximum atomic E-state index is 11.7. The third-order valence-corrected chi connectivity index (χ3v) is 4.04. The van der Waals surface area contributed by atoms with Crippen molar-refractivity contribution < 1.29 is 23.5 Å². The van der Waals surface area contributed by atoms with E-state index in [1.54, 1.807) is 14.2 Å². The second kappa shape index (κ2) is 7.74. The maximum absolute atomic E-state index is 11.7. The lowest BCUT2D eigenvalue weighted by molar-refractivity contribution is -0.140. The molecule has 0 fully saturated rings. The van der Waals surface area contributed by atoms with Gasteiger partial charge < -0.3 is 18.7 Å². The number of methoxy groups -OCH3 is 3. The van der Waals surface area contributed by atoms with E-state index in [-0.39, 0.29) is 6.42 Å². The van der Waals surface area contributed by atoms with E-state index in [4.69, 9.17) is 18.7 Å². The number of aromatic nitrogens is 1. The highest BCUT2D eigenvalue weighted by Crippen LogP contribution is 2.36. The minimum absolute atomic E-state index is 0.00101. The van der Waals surface area contributed by atoms with Gasteiger partial charge in [-0.3, -0.25) is 4.79 Å². The first kappa shape index (κ1) is 17.5. The minimum atomic E-state index is -0.391. The molecule has 0 amide bonds. The van der Waals surface area contributed by atoms with Crippen LogP contribution in [0.1, 0.15) is 5.76 Å². The maximum Gasteiger partial charge on any atom is 0.313 e. The van der Waals surface area contributed by atoms with Gasteiger partial charge in [0.2, 0.25) is 0 Å². The van der Waals surface area contributed by atoms with E-state index in [1.807, 2.05) is 48.5 Å². The minimum Gasteiger partial charge on any atom is -0.497 e. The van der Waals surface area contributed by atoms with Crippen LogP contribution in [0.3, 0.4) is 0 Å². The zero-order valence-corrected chi connectivity index (χ0v) is 14.8. The van der Waals surface area contributed by atoms with Crippen LogP contribution in [0.2, 0.25) is 0 Å². The fraction of sp³-hybridized carbons (Fsp3) is 0.200. The van der Waals surface area contributed by atoms with Crippen LogP contribution in [0.4, 0.5) is 0 Å². The van der Waals surface area contributed by atoms with Gasteiger partial charge in [-0.05, 0) is 42.0 Å². The Bertz CT molecular complexity index is 882. The largest absolute Gasteiger partial charge is 0.497 e. The van der Waals surface area contributed by atoms with Crippen LogP contribution in [0, 0.1) is 0 Å². The van der Waals surface area contributed by atoms with E-state index in [2.05, 4.69) is 5.16 Å². The molecular weight excluding hydrogens is 334 g/mol. The molecule has 1 heterocycles. The lowest BCUT2D eigenvalue weighted by Crippen LogP contribution is -2.04. The standard InChI is InChI=1S/C20H19NO5/c1-23-15-8-4-13(5-9-15)19-17(12-18(22)25-3)26-21-20(19)14-6-10-16(24-2)11-7-14/h4-11H,12H2,1-3H3. The van der Waals surface area contributed by atoms with Gasteiger partial charge in [0, 0.05) is 5.56 Å². The number of hydrogen-bond donors (Lipinski definition) is 0. The highest BCUT2D eigenvalue weighted by molar-refractivity contribution is 5.85. The molecule has 3 rings (SSSR count). The average molecular weight is 353 g/mol. The molecule has 0 aliphatic carbocycles. The van der Waals surface area contributed by atoms with Gasteiger partial charge in [-0.25, -0.2) is 0 Å². The summed E-state index contributed by atoms with van der Waals surface area (Å²) in [6, 6.07) is 15.0. The predicted octanol–water partition coefficient (Wildman–Crippen LogP) is 3.74. The molecular formula is C20H19NO5. The van der Waals surface area contributed by atoms with Crippen LogP contribution in [0.5, 0.6) is 11.5 Å². The van der Waals surface area contributed by atoms with Gasteiger partial charge in [0.1, 0.15) is 23.6 Å². The molecule has 0 aliphatic heterocycles. The molecule has 6 nitrogen and oxygen atoms in total. The number of esters is 1. The van der Waals surface area contributed by atoms with E-state index < -0.39 is 5.97 Å². The molecule has 0 aliphatic rings. The Labute approximate surface area is 151 Å². The summed E-state index contributed by atoms with van der Waals surface area (Å²) in [5.41, 5.74) is 3.13. The van der Waals surface area contributed by atoms with E-state index in [9.17, 15) is 4.79 Å². The van der Waals surface area contributed by atoms with Crippen molar-refractivity contribution in [3.8, 4) is 33.9 Å². The molecule has 3 aromatic rings. The number of ether oxygens (including phenoxy) is 3. The summed E-state index contributed by atoms with van der Waals surface area (Å²) in [6.45, 7) is 0. The predicted molar refractivity (Wildman–Crippen MR) is 96.2 cm³/mol. The Kier molecular flexibility index (Phi) is 5.22. The first-order valence-corrected chi connectivity index (χ1v) is 8.00. The summed E-state index contributed by atoms with van der Waals surface area (Å²) in [5.74, 6) is 1.55. The second-order valence-corrected chi connectivity index (χ2v) is 5.54. The van der Waals surface area contributed by atoms with Crippen LogP contribution in [-0.4, -0.2) is 32.5 Å². The lowest BCUT2D eigenvalue weighted by atomic mass is 9.98. The fourth-order valence-electron chi connectivity index (χ4n) is 2.65. The SMILES string of the molecule is COC(=O)Cc1onc(-c2ccc(OC)cc2)c1-c1ccc(OC)cc1. The van der Waals surface area contributed by atoms with Crippen LogP contribution in [-0.2, 0) is 16.0 Å². The average Bonchev–Trinajstić information content (AvgIpc) is 3.11. The smallest absolute Gasteiger partial charge is 0.313 e. The van der Waals surface area contributed by atoms with Gasteiger partial charge in [-0.2, -0.15) is 0 Å². The topological polar surface area (TPSA) is 70.8 Å². The van der Waals surface area contributed by atoms with E-state index in [0.29, 0.717) is 11.5 Å². The molecule has 0 saturated heterocycles. The molecule has 2 aromatic carbocycles. The van der Waals surface area contributed by atoms with Gasteiger partial charge in [0.05, 0.1) is 26.9 Å². The second-order valence-electron chi connectivity index (χ2n) is 5.54. The van der Waals surface area contributed by atoms with Crippen molar-refractivity contribution in [3.05, 3.63) is 54.3 Å².